The molecule has 0 saturated carbocycles. The Bertz CT molecular complexity index is 595. The zero-order valence-electron chi connectivity index (χ0n) is 11.4. The number of piperidine rings is 1. The summed E-state index contributed by atoms with van der Waals surface area (Å²) in [5.41, 5.74) is 5.91. The van der Waals surface area contributed by atoms with Gasteiger partial charge in [0.15, 0.2) is 5.76 Å². The van der Waals surface area contributed by atoms with Gasteiger partial charge in [-0.25, -0.2) is 8.42 Å². The fourth-order valence-corrected chi connectivity index (χ4v) is 4.21. The summed E-state index contributed by atoms with van der Waals surface area (Å²) in [4.78, 5) is 0.139. The maximum absolute atomic E-state index is 12.6. The number of amidine groups is 1. The Kier molecular flexibility index (Phi) is 4.00. The second-order valence-corrected chi connectivity index (χ2v) is 6.73. The highest BCUT2D eigenvalue weighted by Crippen LogP contribution is 2.27. The van der Waals surface area contributed by atoms with Crippen molar-refractivity contribution in [2.75, 3.05) is 13.1 Å². The van der Waals surface area contributed by atoms with Crippen molar-refractivity contribution in [1.82, 2.24) is 9.46 Å². The molecule has 0 aliphatic carbocycles. The van der Waals surface area contributed by atoms with E-state index in [4.69, 9.17) is 15.5 Å². The Hall–Kier alpha value is -1.61. The Morgan fingerprint density at radius 2 is 2.05 bits per heavy atom. The average molecular weight is 302 g/mol. The fourth-order valence-electron chi connectivity index (χ4n) is 2.45. The molecule has 8 nitrogen and oxygen atoms in total. The van der Waals surface area contributed by atoms with E-state index in [0.29, 0.717) is 37.4 Å². The van der Waals surface area contributed by atoms with Gasteiger partial charge in [0.1, 0.15) is 16.4 Å². The van der Waals surface area contributed by atoms with E-state index in [2.05, 4.69) is 10.3 Å². The van der Waals surface area contributed by atoms with Gasteiger partial charge in [0.2, 0.25) is 10.0 Å². The summed E-state index contributed by atoms with van der Waals surface area (Å²) >= 11 is 0. The molecule has 1 aliphatic rings. The fraction of sp³-hybridized carbons (Fsp3) is 0.636. The maximum Gasteiger partial charge on any atom is 0.248 e. The van der Waals surface area contributed by atoms with Crippen LogP contribution in [-0.2, 0) is 10.0 Å². The highest BCUT2D eigenvalue weighted by molar-refractivity contribution is 7.89. The van der Waals surface area contributed by atoms with Crippen LogP contribution in [0.3, 0.4) is 0 Å². The number of oxime groups is 1. The van der Waals surface area contributed by atoms with E-state index in [1.165, 1.54) is 4.31 Å². The maximum atomic E-state index is 12.6. The first-order valence-corrected chi connectivity index (χ1v) is 7.72. The molecule has 0 spiro atoms. The molecule has 112 valence electrons. The third kappa shape index (κ3) is 2.50. The van der Waals surface area contributed by atoms with Crippen LogP contribution in [0.2, 0.25) is 0 Å². The van der Waals surface area contributed by atoms with Gasteiger partial charge in [-0.1, -0.05) is 10.3 Å². The summed E-state index contributed by atoms with van der Waals surface area (Å²) in [7, 11) is -3.60. The molecule has 20 heavy (non-hydrogen) atoms. The highest BCUT2D eigenvalue weighted by Gasteiger charge is 2.34. The summed E-state index contributed by atoms with van der Waals surface area (Å²) < 4.78 is 31.4. The van der Waals surface area contributed by atoms with Crippen molar-refractivity contribution < 1.29 is 18.1 Å². The molecule has 0 aromatic carbocycles. The predicted octanol–water partition coefficient (Wildman–Crippen LogP) is 0.439. The topological polar surface area (TPSA) is 122 Å². The number of sulfonamides is 1. The van der Waals surface area contributed by atoms with Crippen LogP contribution in [0.5, 0.6) is 0 Å². The molecule has 3 N–H and O–H groups in total. The van der Waals surface area contributed by atoms with Crippen LogP contribution in [0, 0.1) is 19.8 Å². The molecule has 1 aromatic heterocycles. The Morgan fingerprint density at radius 1 is 1.45 bits per heavy atom. The first kappa shape index (κ1) is 14.8. The number of nitrogens with two attached hydrogens (primary N) is 1. The van der Waals surface area contributed by atoms with Crippen molar-refractivity contribution >= 4 is 15.9 Å². The zero-order chi connectivity index (χ0) is 14.9. The summed E-state index contributed by atoms with van der Waals surface area (Å²) in [6, 6.07) is 0. The van der Waals surface area contributed by atoms with Crippen molar-refractivity contribution in [3.05, 3.63) is 11.5 Å². The highest BCUT2D eigenvalue weighted by atomic mass is 32.2. The number of rotatable bonds is 3. The third-order valence-corrected chi connectivity index (χ3v) is 5.70. The number of nitrogens with zero attached hydrogens (tertiary/aromatic N) is 3. The zero-order valence-corrected chi connectivity index (χ0v) is 12.2. The van der Waals surface area contributed by atoms with E-state index < -0.39 is 10.0 Å². The summed E-state index contributed by atoms with van der Waals surface area (Å²) in [5.74, 6) is 0.358. The van der Waals surface area contributed by atoms with Gasteiger partial charge in [-0.15, -0.1) is 0 Å². The quantitative estimate of drug-likeness (QED) is 0.361. The molecule has 1 aliphatic heterocycles. The van der Waals surface area contributed by atoms with Crippen LogP contribution in [-0.4, -0.2) is 42.0 Å². The van der Waals surface area contributed by atoms with Gasteiger partial charge in [0.25, 0.3) is 0 Å². The lowest BCUT2D eigenvalue weighted by atomic mass is 9.97. The molecule has 2 rings (SSSR count). The van der Waals surface area contributed by atoms with Crippen molar-refractivity contribution in [3.63, 3.8) is 0 Å². The van der Waals surface area contributed by atoms with Crippen molar-refractivity contribution in [2.24, 2.45) is 16.8 Å². The molecule has 9 heteroatoms. The lowest BCUT2D eigenvalue weighted by Crippen LogP contribution is -2.42. The van der Waals surface area contributed by atoms with E-state index >= 15 is 0 Å². The van der Waals surface area contributed by atoms with Crippen LogP contribution in [0.15, 0.2) is 14.6 Å². The van der Waals surface area contributed by atoms with Crippen molar-refractivity contribution in [2.45, 2.75) is 31.6 Å². The molecule has 0 amide bonds. The summed E-state index contributed by atoms with van der Waals surface area (Å²) in [5, 5.41) is 15.3. The predicted molar refractivity (Wildman–Crippen MR) is 70.9 cm³/mol. The minimum absolute atomic E-state index is 0.0869. The second-order valence-electron chi connectivity index (χ2n) is 4.86. The molecule has 0 unspecified atom stereocenters. The number of aromatic nitrogens is 1. The molecule has 1 saturated heterocycles. The Balaban J connectivity index is 2.18. The summed E-state index contributed by atoms with van der Waals surface area (Å²) in [6.45, 7) is 3.84. The largest absolute Gasteiger partial charge is 0.409 e. The molecule has 0 bridgehead atoms. The lowest BCUT2D eigenvalue weighted by molar-refractivity contribution is 0.290. The van der Waals surface area contributed by atoms with Crippen LogP contribution in [0.4, 0.5) is 0 Å². The number of aryl methyl sites for hydroxylation is 2. The Labute approximate surface area is 117 Å². The molecular weight excluding hydrogens is 284 g/mol. The standard InChI is InChI=1S/C11H18N4O4S/c1-7-10(8(2)19-14-7)20(17,18)15-5-3-9(4-6-15)11(12)13-16/h9,16H,3-6H2,1-2H3,(H2,12,13). The molecule has 2 heterocycles. The molecule has 1 aromatic rings. The first-order valence-electron chi connectivity index (χ1n) is 6.28. The molecule has 0 atom stereocenters. The molecule has 0 radical (unpaired) electrons. The Morgan fingerprint density at radius 3 is 2.50 bits per heavy atom. The molecular formula is C11H18N4O4S. The normalized spacial score (nSPS) is 19.4. The number of hydrogen-bond donors (Lipinski definition) is 2. The van der Waals surface area contributed by atoms with Crippen molar-refractivity contribution in [3.8, 4) is 0 Å². The van der Waals surface area contributed by atoms with E-state index in [1.807, 2.05) is 0 Å². The van der Waals surface area contributed by atoms with Crippen LogP contribution >= 0.6 is 0 Å². The summed E-state index contributed by atoms with van der Waals surface area (Å²) in [6.07, 6.45) is 1.05. The van der Waals surface area contributed by atoms with Crippen LogP contribution < -0.4 is 5.73 Å². The second kappa shape index (κ2) is 5.41. The van der Waals surface area contributed by atoms with Gasteiger partial charge >= 0.3 is 0 Å². The van der Waals surface area contributed by atoms with Gasteiger partial charge in [-0.05, 0) is 26.7 Å². The SMILES string of the molecule is Cc1noc(C)c1S(=O)(=O)N1CCC(C(N)=NO)CC1. The monoisotopic (exact) mass is 302 g/mol. The van der Waals surface area contributed by atoms with Gasteiger partial charge in [0.05, 0.1) is 0 Å². The van der Waals surface area contributed by atoms with Crippen molar-refractivity contribution in [1.29, 1.82) is 0 Å². The third-order valence-electron chi connectivity index (χ3n) is 3.55. The van der Waals surface area contributed by atoms with Crippen LogP contribution in [0.25, 0.3) is 0 Å². The van der Waals surface area contributed by atoms with E-state index in [1.54, 1.807) is 13.8 Å². The minimum Gasteiger partial charge on any atom is -0.409 e. The van der Waals surface area contributed by atoms with E-state index in [0.717, 1.165) is 0 Å². The average Bonchev–Trinajstić information content (AvgIpc) is 2.78. The smallest absolute Gasteiger partial charge is 0.248 e. The van der Waals surface area contributed by atoms with E-state index in [-0.39, 0.29) is 16.6 Å². The van der Waals surface area contributed by atoms with Gasteiger partial charge < -0.3 is 15.5 Å². The van der Waals surface area contributed by atoms with E-state index in [9.17, 15) is 8.42 Å². The van der Waals surface area contributed by atoms with Gasteiger partial charge in [0, 0.05) is 19.0 Å². The minimum atomic E-state index is -3.60. The first-order chi connectivity index (χ1) is 9.37. The van der Waals surface area contributed by atoms with Gasteiger partial charge in [-0.2, -0.15) is 4.31 Å². The molecule has 1 fully saturated rings. The number of hydrogen-bond acceptors (Lipinski definition) is 6. The van der Waals surface area contributed by atoms with Crippen LogP contribution in [0.1, 0.15) is 24.3 Å². The van der Waals surface area contributed by atoms with Gasteiger partial charge in [-0.3, -0.25) is 0 Å². The lowest BCUT2D eigenvalue weighted by Gasteiger charge is -2.30.